The molecule has 6 nitrogen and oxygen atoms in total. The van der Waals surface area contributed by atoms with Gasteiger partial charge in [0.25, 0.3) is 11.8 Å². The second kappa shape index (κ2) is 11.3. The van der Waals surface area contributed by atoms with Gasteiger partial charge in [-0.25, -0.2) is 4.79 Å². The number of hydrogen-bond acceptors (Lipinski definition) is 5. The Hall–Kier alpha value is -1.73. The zero-order chi connectivity index (χ0) is 20.5. The predicted molar refractivity (Wildman–Crippen MR) is 112 cm³/mol. The summed E-state index contributed by atoms with van der Waals surface area (Å²) < 4.78 is 5.34. The number of rotatable bonds is 9. The van der Waals surface area contributed by atoms with E-state index in [0.717, 1.165) is 25.7 Å². The first-order valence-corrected chi connectivity index (χ1v) is 11.2. The molecule has 0 aliphatic heterocycles. The molecule has 154 valence electrons. The molecule has 0 saturated heterocycles. The topological polar surface area (TPSA) is 84.5 Å². The summed E-state index contributed by atoms with van der Waals surface area (Å²) in [6.45, 7) is 1.55. The Morgan fingerprint density at radius 1 is 1.21 bits per heavy atom. The molecule has 0 unspecified atom stereocenters. The van der Waals surface area contributed by atoms with Crippen molar-refractivity contribution in [1.82, 2.24) is 10.6 Å². The second-order valence-corrected chi connectivity index (χ2v) is 8.31. The van der Waals surface area contributed by atoms with Crippen molar-refractivity contribution in [1.29, 1.82) is 0 Å². The van der Waals surface area contributed by atoms with Gasteiger partial charge >= 0.3 is 5.97 Å². The van der Waals surface area contributed by atoms with E-state index in [2.05, 4.69) is 10.6 Å². The van der Waals surface area contributed by atoms with E-state index in [1.54, 1.807) is 43.0 Å². The maximum atomic E-state index is 12.6. The Morgan fingerprint density at radius 3 is 2.46 bits per heavy atom. The molecule has 1 aliphatic rings. The van der Waals surface area contributed by atoms with Crippen molar-refractivity contribution in [3.8, 4) is 0 Å². The summed E-state index contributed by atoms with van der Waals surface area (Å²) in [6, 6.07) is 5.74. The van der Waals surface area contributed by atoms with E-state index in [0.29, 0.717) is 22.8 Å². The SMILES string of the molecule is CSCC[C@H](NC(=O)c1ccc(Cl)cc1)C(=O)O[C@H](C)C(=O)NC1CCCC1. The summed E-state index contributed by atoms with van der Waals surface area (Å²) in [5.41, 5.74) is 0.401. The first-order chi connectivity index (χ1) is 13.4. The van der Waals surface area contributed by atoms with Gasteiger partial charge < -0.3 is 15.4 Å². The normalized spacial score (nSPS) is 16.2. The minimum Gasteiger partial charge on any atom is -0.451 e. The molecule has 0 bridgehead atoms. The van der Waals surface area contributed by atoms with Crippen molar-refractivity contribution in [3.63, 3.8) is 0 Å². The van der Waals surface area contributed by atoms with Crippen LogP contribution in [0.5, 0.6) is 0 Å². The van der Waals surface area contributed by atoms with Crippen LogP contribution in [-0.2, 0) is 14.3 Å². The Labute approximate surface area is 175 Å². The molecule has 0 radical (unpaired) electrons. The zero-order valence-electron chi connectivity index (χ0n) is 16.2. The third-order valence-corrected chi connectivity index (χ3v) is 5.57. The Kier molecular flexibility index (Phi) is 9.12. The van der Waals surface area contributed by atoms with Gasteiger partial charge in [-0.2, -0.15) is 11.8 Å². The number of carbonyl (C=O) groups excluding carboxylic acids is 3. The molecule has 2 rings (SSSR count). The van der Waals surface area contributed by atoms with Gasteiger partial charge in [0, 0.05) is 16.6 Å². The van der Waals surface area contributed by atoms with E-state index in [-0.39, 0.29) is 17.9 Å². The van der Waals surface area contributed by atoms with E-state index in [1.807, 2.05) is 6.26 Å². The lowest BCUT2D eigenvalue weighted by Crippen LogP contribution is -2.46. The average Bonchev–Trinajstić information content (AvgIpc) is 3.18. The fraction of sp³-hybridized carbons (Fsp3) is 0.550. The largest absolute Gasteiger partial charge is 0.451 e. The fourth-order valence-corrected chi connectivity index (χ4v) is 3.62. The highest BCUT2D eigenvalue weighted by Crippen LogP contribution is 2.18. The number of nitrogens with one attached hydrogen (secondary N) is 2. The van der Waals surface area contributed by atoms with Gasteiger partial charge in [-0.1, -0.05) is 24.4 Å². The third-order valence-electron chi connectivity index (χ3n) is 4.67. The number of halogens is 1. The van der Waals surface area contributed by atoms with Crippen LogP contribution < -0.4 is 10.6 Å². The van der Waals surface area contributed by atoms with Gasteiger partial charge in [-0.15, -0.1) is 0 Å². The van der Waals surface area contributed by atoms with E-state index in [9.17, 15) is 14.4 Å². The molecule has 8 heteroatoms. The van der Waals surface area contributed by atoms with Crippen LogP contribution in [0.2, 0.25) is 5.02 Å². The number of thioether (sulfide) groups is 1. The average molecular weight is 427 g/mol. The van der Waals surface area contributed by atoms with Gasteiger partial charge in [-0.3, -0.25) is 9.59 Å². The van der Waals surface area contributed by atoms with E-state index in [1.165, 1.54) is 0 Å². The maximum absolute atomic E-state index is 12.6. The van der Waals surface area contributed by atoms with Crippen molar-refractivity contribution >= 4 is 41.1 Å². The smallest absolute Gasteiger partial charge is 0.329 e. The minimum absolute atomic E-state index is 0.158. The van der Waals surface area contributed by atoms with Crippen LogP contribution >= 0.6 is 23.4 Å². The third kappa shape index (κ3) is 7.02. The molecule has 2 amide bonds. The highest BCUT2D eigenvalue weighted by Gasteiger charge is 2.28. The van der Waals surface area contributed by atoms with Crippen molar-refractivity contribution in [2.45, 2.75) is 57.2 Å². The molecule has 1 aliphatic carbocycles. The van der Waals surface area contributed by atoms with Gasteiger partial charge in [0.2, 0.25) is 0 Å². The molecule has 1 saturated carbocycles. The monoisotopic (exact) mass is 426 g/mol. The zero-order valence-corrected chi connectivity index (χ0v) is 17.8. The number of benzene rings is 1. The summed E-state index contributed by atoms with van der Waals surface area (Å²) in [7, 11) is 0. The number of ether oxygens (including phenoxy) is 1. The van der Waals surface area contributed by atoms with E-state index >= 15 is 0 Å². The molecule has 1 aromatic carbocycles. The summed E-state index contributed by atoms with van der Waals surface area (Å²) >= 11 is 7.41. The van der Waals surface area contributed by atoms with E-state index < -0.39 is 18.1 Å². The van der Waals surface area contributed by atoms with Crippen molar-refractivity contribution in [2.24, 2.45) is 0 Å². The first kappa shape index (κ1) is 22.6. The van der Waals surface area contributed by atoms with Gasteiger partial charge in [0.15, 0.2) is 6.10 Å². The standard InChI is InChI=1S/C20H27ClN2O4S/c1-13(18(24)22-16-5-3-4-6-16)27-20(26)17(11-12-28-2)23-19(25)14-7-9-15(21)10-8-14/h7-10,13,16-17H,3-6,11-12H2,1-2H3,(H,22,24)(H,23,25)/t13-,17+/m1/s1. The summed E-state index contributed by atoms with van der Waals surface area (Å²) in [6.07, 6.45) is 5.55. The van der Waals surface area contributed by atoms with Gasteiger partial charge in [0.1, 0.15) is 6.04 Å². The van der Waals surface area contributed by atoms with Gasteiger partial charge in [0.05, 0.1) is 0 Å². The molecular weight excluding hydrogens is 400 g/mol. The first-order valence-electron chi connectivity index (χ1n) is 9.47. The van der Waals surface area contributed by atoms with Crippen molar-refractivity contribution < 1.29 is 19.1 Å². The molecule has 0 heterocycles. The highest BCUT2D eigenvalue weighted by molar-refractivity contribution is 7.98. The number of carbonyl (C=O) groups is 3. The molecule has 0 aromatic heterocycles. The molecule has 1 aromatic rings. The van der Waals surface area contributed by atoms with Crippen LogP contribution in [0, 0.1) is 0 Å². The molecule has 2 N–H and O–H groups in total. The molecule has 2 atom stereocenters. The van der Waals surface area contributed by atoms with Crippen LogP contribution in [0.3, 0.4) is 0 Å². The predicted octanol–water partition coefficient (Wildman–Crippen LogP) is 3.18. The molecular formula is C20H27ClN2O4S. The maximum Gasteiger partial charge on any atom is 0.329 e. The minimum atomic E-state index is -0.905. The second-order valence-electron chi connectivity index (χ2n) is 6.88. The fourth-order valence-electron chi connectivity index (χ4n) is 3.03. The van der Waals surface area contributed by atoms with Crippen molar-refractivity contribution in [2.75, 3.05) is 12.0 Å². The Bertz CT molecular complexity index is 677. The Balaban J connectivity index is 1.94. The lowest BCUT2D eigenvalue weighted by Gasteiger charge is -2.21. The molecule has 0 spiro atoms. The van der Waals surface area contributed by atoms with Crippen LogP contribution in [0.15, 0.2) is 24.3 Å². The van der Waals surface area contributed by atoms with Crippen molar-refractivity contribution in [3.05, 3.63) is 34.9 Å². The van der Waals surface area contributed by atoms with Gasteiger partial charge in [-0.05, 0) is 62.5 Å². The summed E-state index contributed by atoms with van der Waals surface area (Å²) in [5, 5.41) is 6.15. The number of esters is 1. The van der Waals surface area contributed by atoms with E-state index in [4.69, 9.17) is 16.3 Å². The number of hydrogen-bond donors (Lipinski definition) is 2. The van der Waals surface area contributed by atoms with Crippen LogP contribution in [0.1, 0.15) is 49.4 Å². The van der Waals surface area contributed by atoms with Crippen LogP contribution in [0.25, 0.3) is 0 Å². The molecule has 1 fully saturated rings. The summed E-state index contributed by atoms with van der Waals surface area (Å²) in [5.74, 6) is -0.621. The molecule has 28 heavy (non-hydrogen) atoms. The van der Waals surface area contributed by atoms with Crippen LogP contribution in [0.4, 0.5) is 0 Å². The highest BCUT2D eigenvalue weighted by atomic mass is 35.5. The Morgan fingerprint density at radius 2 is 1.86 bits per heavy atom. The quantitative estimate of drug-likeness (QED) is 0.592. The number of amides is 2. The lowest BCUT2D eigenvalue weighted by molar-refractivity contribution is -0.156. The summed E-state index contributed by atoms with van der Waals surface area (Å²) in [4.78, 5) is 37.3. The van der Waals surface area contributed by atoms with Crippen LogP contribution in [-0.4, -0.2) is 48.0 Å². The lowest BCUT2D eigenvalue weighted by atomic mass is 10.1.